The van der Waals surface area contributed by atoms with Crippen molar-refractivity contribution in [1.29, 1.82) is 0 Å². The van der Waals surface area contributed by atoms with Gasteiger partial charge in [0.15, 0.2) is 5.56 Å². The smallest absolute Gasteiger partial charge is 0.347 e. The number of rotatable bonds is 4. The predicted octanol–water partition coefficient (Wildman–Crippen LogP) is 2.48. The lowest BCUT2D eigenvalue weighted by Gasteiger charge is -2.16. The summed E-state index contributed by atoms with van der Waals surface area (Å²) in [6, 6.07) is 4.42. The molecule has 0 fully saturated rings. The number of hydrogen-bond donors (Lipinski definition) is 1. The van der Waals surface area contributed by atoms with Gasteiger partial charge in [-0.05, 0) is 31.5 Å². The molecule has 1 N–H and O–H groups in total. The molecule has 1 aromatic heterocycles. The minimum absolute atomic E-state index is 0.0365. The van der Waals surface area contributed by atoms with Crippen LogP contribution in [0.4, 0.5) is 15.9 Å². The third-order valence-corrected chi connectivity index (χ3v) is 3.52. The Morgan fingerprint density at radius 3 is 2.35 bits per heavy atom. The van der Waals surface area contributed by atoms with Gasteiger partial charge in [-0.15, -0.1) is 0 Å². The summed E-state index contributed by atoms with van der Waals surface area (Å²) in [5.41, 5.74) is -1.08. The zero-order valence-electron chi connectivity index (χ0n) is 15.8. The molecular weight excluding hydrogens is 341 g/mol. The Hall–Kier alpha value is -2.90. The zero-order chi connectivity index (χ0) is 20.0. The molecule has 0 saturated heterocycles. The summed E-state index contributed by atoms with van der Waals surface area (Å²) in [4.78, 5) is 36.6. The maximum Gasteiger partial charge on any atom is 0.347 e. The summed E-state index contributed by atoms with van der Waals surface area (Å²) >= 11 is 0. The molecule has 2 rings (SSSR count). The first-order valence-corrected chi connectivity index (χ1v) is 8.28. The molecule has 8 heteroatoms. The molecular formula is C18H24FN3O4. The van der Waals surface area contributed by atoms with Gasteiger partial charge in [-0.1, -0.05) is 19.9 Å². The number of aryl methyl sites for hydroxylation is 1. The number of halogens is 1. The normalized spacial score (nSPS) is 9.96. The lowest BCUT2D eigenvalue weighted by Crippen LogP contribution is -2.41. The quantitative estimate of drug-likeness (QED) is 0.842. The number of carbonyl (C=O) groups excluding carboxylic acids is 1. The fourth-order valence-electron chi connectivity index (χ4n) is 2.23. The van der Waals surface area contributed by atoms with E-state index in [0.717, 1.165) is 9.13 Å². The SMILES string of the molecule is CC.CCOC(=O)c1c(Nc2ccc(C)cc2F)n(C)c(=O)n(C)c1=O. The van der Waals surface area contributed by atoms with Crippen LogP contribution >= 0.6 is 0 Å². The third-order valence-electron chi connectivity index (χ3n) is 3.52. The van der Waals surface area contributed by atoms with Gasteiger partial charge in [0, 0.05) is 14.1 Å². The van der Waals surface area contributed by atoms with Gasteiger partial charge in [0.25, 0.3) is 5.56 Å². The minimum atomic E-state index is -0.885. The molecule has 0 bridgehead atoms. The van der Waals surface area contributed by atoms with Crippen LogP contribution in [0.1, 0.15) is 36.7 Å². The van der Waals surface area contributed by atoms with Crippen LogP contribution in [-0.4, -0.2) is 21.7 Å². The molecule has 142 valence electrons. The largest absolute Gasteiger partial charge is 0.462 e. The molecule has 0 saturated carbocycles. The molecule has 0 aliphatic heterocycles. The van der Waals surface area contributed by atoms with Crippen molar-refractivity contribution >= 4 is 17.5 Å². The van der Waals surface area contributed by atoms with Gasteiger partial charge in [0.1, 0.15) is 11.6 Å². The zero-order valence-corrected chi connectivity index (χ0v) is 15.8. The number of benzene rings is 1. The lowest BCUT2D eigenvalue weighted by molar-refractivity contribution is 0.0523. The van der Waals surface area contributed by atoms with Crippen molar-refractivity contribution in [3.8, 4) is 0 Å². The highest BCUT2D eigenvalue weighted by Gasteiger charge is 2.24. The first kappa shape index (κ1) is 21.1. The van der Waals surface area contributed by atoms with Crippen LogP contribution in [0.2, 0.25) is 0 Å². The second-order valence-corrected chi connectivity index (χ2v) is 5.26. The topological polar surface area (TPSA) is 82.3 Å². The molecule has 26 heavy (non-hydrogen) atoms. The van der Waals surface area contributed by atoms with Crippen LogP contribution in [0.3, 0.4) is 0 Å². The molecule has 0 spiro atoms. The van der Waals surface area contributed by atoms with Gasteiger partial charge >= 0.3 is 11.7 Å². The second-order valence-electron chi connectivity index (χ2n) is 5.26. The van der Waals surface area contributed by atoms with E-state index >= 15 is 0 Å². The Kier molecular flexibility index (Phi) is 7.30. The van der Waals surface area contributed by atoms with E-state index in [1.54, 1.807) is 19.9 Å². The number of hydrogen-bond acceptors (Lipinski definition) is 5. The predicted molar refractivity (Wildman–Crippen MR) is 98.6 cm³/mol. The molecule has 0 aliphatic carbocycles. The number of anilines is 2. The van der Waals surface area contributed by atoms with Crippen molar-refractivity contribution in [2.24, 2.45) is 14.1 Å². The van der Waals surface area contributed by atoms with Crippen molar-refractivity contribution in [3.63, 3.8) is 0 Å². The molecule has 2 aromatic rings. The van der Waals surface area contributed by atoms with E-state index in [9.17, 15) is 18.8 Å². The van der Waals surface area contributed by atoms with Gasteiger partial charge in [-0.2, -0.15) is 0 Å². The lowest BCUT2D eigenvalue weighted by atomic mass is 10.2. The Labute approximate surface area is 151 Å². The number of ether oxygens (including phenoxy) is 1. The highest BCUT2D eigenvalue weighted by atomic mass is 19.1. The van der Waals surface area contributed by atoms with Gasteiger partial charge in [0.2, 0.25) is 0 Å². The van der Waals surface area contributed by atoms with E-state index in [1.165, 1.54) is 26.2 Å². The first-order chi connectivity index (χ1) is 12.3. The molecule has 0 unspecified atom stereocenters. The van der Waals surface area contributed by atoms with Crippen LogP contribution in [0, 0.1) is 12.7 Å². The molecule has 1 heterocycles. The fraction of sp³-hybridized carbons (Fsp3) is 0.389. The van der Waals surface area contributed by atoms with E-state index in [1.807, 2.05) is 13.8 Å². The first-order valence-electron chi connectivity index (χ1n) is 8.28. The van der Waals surface area contributed by atoms with Crippen LogP contribution in [0.25, 0.3) is 0 Å². The standard InChI is InChI=1S/C16H18FN3O4.C2H6/c1-5-24-15(22)12-13(19(3)16(23)20(4)14(12)21)18-11-7-6-9(2)8-10(11)17;1-2/h6-8,18H,5H2,1-4H3;1-2H3. The fourth-order valence-corrected chi connectivity index (χ4v) is 2.23. The maximum atomic E-state index is 14.1. The van der Waals surface area contributed by atoms with Crippen molar-refractivity contribution in [2.75, 3.05) is 11.9 Å². The van der Waals surface area contributed by atoms with Crippen LogP contribution < -0.4 is 16.6 Å². The number of esters is 1. The number of aromatic nitrogens is 2. The van der Waals surface area contributed by atoms with E-state index in [0.29, 0.717) is 5.56 Å². The molecule has 0 aliphatic rings. The number of carbonyl (C=O) groups is 1. The Morgan fingerprint density at radius 2 is 1.81 bits per heavy atom. The Morgan fingerprint density at radius 1 is 1.19 bits per heavy atom. The summed E-state index contributed by atoms with van der Waals surface area (Å²) < 4.78 is 20.8. The van der Waals surface area contributed by atoms with Crippen molar-refractivity contribution in [1.82, 2.24) is 9.13 Å². The second kappa shape index (κ2) is 8.98. The summed E-state index contributed by atoms with van der Waals surface area (Å²) in [7, 11) is 2.63. The summed E-state index contributed by atoms with van der Waals surface area (Å²) in [6.07, 6.45) is 0. The van der Waals surface area contributed by atoms with E-state index in [2.05, 4.69) is 5.32 Å². The molecule has 7 nitrogen and oxygen atoms in total. The van der Waals surface area contributed by atoms with Crippen LogP contribution in [0.15, 0.2) is 27.8 Å². The Balaban J connectivity index is 0.00000163. The molecule has 1 aromatic carbocycles. The highest BCUT2D eigenvalue weighted by Crippen LogP contribution is 2.21. The summed E-state index contributed by atoms with van der Waals surface area (Å²) in [5.74, 6) is -1.58. The average Bonchev–Trinajstić information content (AvgIpc) is 2.61. The van der Waals surface area contributed by atoms with Crippen molar-refractivity contribution in [3.05, 3.63) is 56.0 Å². The number of nitrogens with one attached hydrogen (secondary N) is 1. The van der Waals surface area contributed by atoms with E-state index in [-0.39, 0.29) is 23.7 Å². The van der Waals surface area contributed by atoms with Crippen molar-refractivity contribution in [2.45, 2.75) is 27.7 Å². The average molecular weight is 365 g/mol. The van der Waals surface area contributed by atoms with E-state index < -0.39 is 23.0 Å². The van der Waals surface area contributed by atoms with E-state index in [4.69, 9.17) is 4.74 Å². The van der Waals surface area contributed by atoms with Gasteiger partial charge in [-0.3, -0.25) is 13.9 Å². The Bertz CT molecular complexity index is 916. The molecule has 0 radical (unpaired) electrons. The van der Waals surface area contributed by atoms with Gasteiger partial charge < -0.3 is 10.1 Å². The van der Waals surface area contributed by atoms with Crippen molar-refractivity contribution < 1.29 is 13.9 Å². The van der Waals surface area contributed by atoms with Crippen LogP contribution in [-0.2, 0) is 18.8 Å². The van der Waals surface area contributed by atoms with Crippen LogP contribution in [0.5, 0.6) is 0 Å². The highest BCUT2D eigenvalue weighted by molar-refractivity contribution is 5.95. The monoisotopic (exact) mass is 365 g/mol. The minimum Gasteiger partial charge on any atom is -0.462 e. The van der Waals surface area contributed by atoms with Gasteiger partial charge in [0.05, 0.1) is 12.3 Å². The maximum absolute atomic E-state index is 14.1. The summed E-state index contributed by atoms with van der Waals surface area (Å²) in [6.45, 7) is 7.38. The number of nitrogens with zero attached hydrogens (tertiary/aromatic N) is 2. The summed E-state index contributed by atoms with van der Waals surface area (Å²) in [5, 5.41) is 2.66. The molecule has 0 amide bonds. The van der Waals surface area contributed by atoms with Gasteiger partial charge in [-0.25, -0.2) is 14.0 Å². The third kappa shape index (κ3) is 4.19. The molecule has 0 atom stereocenters.